The van der Waals surface area contributed by atoms with E-state index in [2.05, 4.69) is 0 Å². The molecule has 0 spiro atoms. The number of hydrogen-bond acceptors (Lipinski definition) is 4. The summed E-state index contributed by atoms with van der Waals surface area (Å²) < 4.78 is 10.1. The van der Waals surface area contributed by atoms with Crippen molar-refractivity contribution in [3.8, 4) is 0 Å². The maximum Gasteiger partial charge on any atom is 0.417 e. The SMILES string of the molecule is COCC1C=CC(=O)N1C(=O)OC(C)(C)C. The van der Waals surface area contributed by atoms with Crippen molar-refractivity contribution >= 4 is 12.0 Å². The van der Waals surface area contributed by atoms with Crippen LogP contribution < -0.4 is 0 Å². The zero-order chi connectivity index (χ0) is 12.3. The van der Waals surface area contributed by atoms with Crippen LogP contribution in [-0.2, 0) is 14.3 Å². The van der Waals surface area contributed by atoms with Crippen LogP contribution in [0.1, 0.15) is 20.8 Å². The highest BCUT2D eigenvalue weighted by Gasteiger charge is 2.34. The molecule has 1 rings (SSSR count). The van der Waals surface area contributed by atoms with Crippen LogP contribution in [0, 0.1) is 0 Å². The molecule has 0 aromatic rings. The van der Waals surface area contributed by atoms with Gasteiger partial charge in [-0.05, 0) is 20.8 Å². The fourth-order valence-corrected chi connectivity index (χ4v) is 1.36. The van der Waals surface area contributed by atoms with E-state index in [1.165, 1.54) is 13.2 Å². The molecule has 16 heavy (non-hydrogen) atoms. The summed E-state index contributed by atoms with van der Waals surface area (Å²) in [6, 6.07) is -0.368. The predicted molar refractivity (Wildman–Crippen MR) is 57.9 cm³/mol. The topological polar surface area (TPSA) is 55.8 Å². The van der Waals surface area contributed by atoms with Crippen molar-refractivity contribution in [2.24, 2.45) is 0 Å². The van der Waals surface area contributed by atoms with Crippen LogP contribution in [0.5, 0.6) is 0 Å². The standard InChI is InChI=1S/C11H17NO4/c1-11(2,3)16-10(14)12-8(7-15-4)5-6-9(12)13/h5-6,8H,7H2,1-4H3. The van der Waals surface area contributed by atoms with E-state index in [1.807, 2.05) is 0 Å². The third-order valence-electron chi connectivity index (χ3n) is 1.96. The molecule has 5 heteroatoms. The van der Waals surface area contributed by atoms with Crippen LogP contribution in [0.2, 0.25) is 0 Å². The van der Waals surface area contributed by atoms with Gasteiger partial charge in [0.15, 0.2) is 0 Å². The molecule has 5 nitrogen and oxygen atoms in total. The lowest BCUT2D eigenvalue weighted by molar-refractivity contribution is -0.125. The number of imide groups is 1. The number of rotatable bonds is 2. The minimum Gasteiger partial charge on any atom is -0.443 e. The van der Waals surface area contributed by atoms with Gasteiger partial charge in [0.1, 0.15) is 5.60 Å². The minimum atomic E-state index is -0.635. The van der Waals surface area contributed by atoms with Gasteiger partial charge in [-0.25, -0.2) is 9.69 Å². The summed E-state index contributed by atoms with van der Waals surface area (Å²) in [5, 5.41) is 0. The summed E-state index contributed by atoms with van der Waals surface area (Å²) >= 11 is 0. The molecule has 0 aliphatic carbocycles. The largest absolute Gasteiger partial charge is 0.443 e. The summed E-state index contributed by atoms with van der Waals surface area (Å²) in [6.45, 7) is 5.54. The van der Waals surface area contributed by atoms with Crippen molar-refractivity contribution in [1.82, 2.24) is 4.90 Å². The Bertz CT molecular complexity index is 316. The first-order valence-corrected chi connectivity index (χ1v) is 5.08. The highest BCUT2D eigenvalue weighted by molar-refractivity contribution is 6.01. The normalized spacial score (nSPS) is 20.4. The fraction of sp³-hybridized carbons (Fsp3) is 0.636. The number of carbonyl (C=O) groups is 2. The van der Waals surface area contributed by atoms with Crippen LogP contribution in [0.15, 0.2) is 12.2 Å². The first kappa shape index (κ1) is 12.7. The summed E-state index contributed by atoms with van der Waals surface area (Å²) in [7, 11) is 1.52. The van der Waals surface area contributed by atoms with E-state index in [-0.39, 0.29) is 18.6 Å². The van der Waals surface area contributed by atoms with Gasteiger partial charge in [-0.1, -0.05) is 6.08 Å². The molecule has 0 radical (unpaired) electrons. The summed E-state index contributed by atoms with van der Waals surface area (Å²) in [6.07, 6.45) is 2.35. The molecule has 1 heterocycles. The Morgan fingerprint density at radius 2 is 2.12 bits per heavy atom. The van der Waals surface area contributed by atoms with Gasteiger partial charge < -0.3 is 9.47 Å². The van der Waals surface area contributed by atoms with Crippen LogP contribution in [0.4, 0.5) is 4.79 Å². The molecule has 0 N–H and O–H groups in total. The molecule has 0 saturated carbocycles. The molecule has 2 amide bonds. The van der Waals surface area contributed by atoms with Gasteiger partial charge >= 0.3 is 6.09 Å². The van der Waals surface area contributed by atoms with Gasteiger partial charge in [0, 0.05) is 13.2 Å². The average molecular weight is 227 g/mol. The number of carbonyl (C=O) groups excluding carboxylic acids is 2. The Hall–Kier alpha value is -1.36. The molecule has 0 saturated heterocycles. The molecule has 0 fully saturated rings. The first-order chi connectivity index (χ1) is 7.35. The van der Waals surface area contributed by atoms with Crippen molar-refractivity contribution in [3.63, 3.8) is 0 Å². The van der Waals surface area contributed by atoms with Gasteiger partial charge in [0.05, 0.1) is 12.6 Å². The Morgan fingerprint density at radius 1 is 1.50 bits per heavy atom. The second-order valence-electron chi connectivity index (χ2n) is 4.57. The van der Waals surface area contributed by atoms with Crippen molar-refractivity contribution in [1.29, 1.82) is 0 Å². The molecule has 0 aromatic carbocycles. The third-order valence-corrected chi connectivity index (χ3v) is 1.96. The monoisotopic (exact) mass is 227 g/mol. The van der Waals surface area contributed by atoms with E-state index >= 15 is 0 Å². The molecular weight excluding hydrogens is 210 g/mol. The molecule has 1 aliphatic rings. The van der Waals surface area contributed by atoms with E-state index in [4.69, 9.17) is 9.47 Å². The number of amides is 2. The lowest BCUT2D eigenvalue weighted by atomic mass is 10.2. The molecular formula is C11H17NO4. The lowest BCUT2D eigenvalue weighted by Crippen LogP contribution is -2.44. The van der Waals surface area contributed by atoms with Crippen LogP contribution in [-0.4, -0.2) is 42.3 Å². The highest BCUT2D eigenvalue weighted by atomic mass is 16.6. The van der Waals surface area contributed by atoms with Crippen LogP contribution in [0.3, 0.4) is 0 Å². The highest BCUT2D eigenvalue weighted by Crippen LogP contribution is 2.17. The maximum atomic E-state index is 11.7. The Morgan fingerprint density at radius 3 is 2.62 bits per heavy atom. The number of hydrogen-bond donors (Lipinski definition) is 0. The van der Waals surface area contributed by atoms with E-state index in [1.54, 1.807) is 26.8 Å². The van der Waals surface area contributed by atoms with Crippen molar-refractivity contribution in [2.75, 3.05) is 13.7 Å². The van der Waals surface area contributed by atoms with E-state index < -0.39 is 11.7 Å². The Labute approximate surface area is 95.0 Å². The van der Waals surface area contributed by atoms with Crippen molar-refractivity contribution in [2.45, 2.75) is 32.4 Å². The second-order valence-corrected chi connectivity index (χ2v) is 4.57. The quantitative estimate of drug-likeness (QED) is 0.714. The first-order valence-electron chi connectivity index (χ1n) is 5.08. The molecule has 0 aromatic heterocycles. The van der Waals surface area contributed by atoms with Crippen LogP contribution in [0.25, 0.3) is 0 Å². The molecule has 0 bridgehead atoms. The smallest absolute Gasteiger partial charge is 0.417 e. The fourth-order valence-electron chi connectivity index (χ4n) is 1.36. The summed E-state index contributed by atoms with van der Waals surface area (Å²) in [4.78, 5) is 24.3. The van der Waals surface area contributed by atoms with Crippen molar-refractivity contribution in [3.05, 3.63) is 12.2 Å². The van der Waals surface area contributed by atoms with E-state index in [0.717, 1.165) is 4.90 Å². The number of nitrogens with zero attached hydrogens (tertiary/aromatic N) is 1. The van der Waals surface area contributed by atoms with E-state index in [9.17, 15) is 9.59 Å². The van der Waals surface area contributed by atoms with Gasteiger partial charge in [-0.15, -0.1) is 0 Å². The van der Waals surface area contributed by atoms with Crippen LogP contribution >= 0.6 is 0 Å². The molecule has 1 unspecified atom stereocenters. The van der Waals surface area contributed by atoms with Gasteiger partial charge in [-0.2, -0.15) is 0 Å². The lowest BCUT2D eigenvalue weighted by Gasteiger charge is -2.26. The average Bonchev–Trinajstić information content (AvgIpc) is 2.44. The van der Waals surface area contributed by atoms with E-state index in [0.29, 0.717) is 0 Å². The second kappa shape index (κ2) is 4.65. The summed E-state index contributed by atoms with van der Waals surface area (Å²) in [5.41, 5.74) is -0.614. The zero-order valence-corrected chi connectivity index (χ0v) is 10.0. The van der Waals surface area contributed by atoms with Gasteiger partial charge in [0.25, 0.3) is 5.91 Å². The minimum absolute atomic E-state index is 0.279. The van der Waals surface area contributed by atoms with Crippen molar-refractivity contribution < 1.29 is 19.1 Å². The van der Waals surface area contributed by atoms with Gasteiger partial charge in [-0.3, -0.25) is 4.79 Å². The third kappa shape index (κ3) is 3.06. The number of methoxy groups -OCH3 is 1. The maximum absolute atomic E-state index is 11.7. The van der Waals surface area contributed by atoms with Gasteiger partial charge in [0.2, 0.25) is 0 Å². The zero-order valence-electron chi connectivity index (χ0n) is 10.0. The molecule has 1 aliphatic heterocycles. The number of ether oxygens (including phenoxy) is 2. The Kier molecular flexibility index (Phi) is 3.70. The summed E-state index contributed by atoms with van der Waals surface area (Å²) in [5.74, 6) is -0.365. The predicted octanol–water partition coefficient (Wildman–Crippen LogP) is 1.33. The molecule has 90 valence electrons. The Balaban J connectivity index is 2.70. The molecule has 1 atom stereocenters.